The summed E-state index contributed by atoms with van der Waals surface area (Å²) in [6.45, 7) is 4.91. The molecular weight excluding hydrogens is 475 g/mol. The van der Waals surface area contributed by atoms with Gasteiger partial charge in [0.05, 0.1) is 35.4 Å². The number of nitrogens with zero attached hydrogens (tertiary/aromatic N) is 3. The predicted octanol–water partition coefficient (Wildman–Crippen LogP) is 6.92. The molecule has 7 heteroatoms. The van der Waals surface area contributed by atoms with E-state index in [2.05, 4.69) is 26.0 Å². The first-order chi connectivity index (χ1) is 17.6. The number of benzene rings is 3. The third-order valence-electron chi connectivity index (χ3n) is 7.92. The summed E-state index contributed by atoms with van der Waals surface area (Å²) < 4.78 is 44.4. The number of halogens is 3. The molecular formula is C30H32F3N3O. The molecule has 0 saturated heterocycles. The monoisotopic (exact) mass is 507 g/mol. The van der Waals surface area contributed by atoms with E-state index in [0.717, 1.165) is 34.7 Å². The minimum atomic E-state index is -4.44. The topological polar surface area (TPSA) is 42.5 Å². The van der Waals surface area contributed by atoms with Crippen LogP contribution in [-0.2, 0) is 26.4 Å². The molecule has 1 aromatic heterocycles. The Labute approximate surface area is 214 Å². The van der Waals surface area contributed by atoms with Gasteiger partial charge in [-0.3, -0.25) is 0 Å². The Morgan fingerprint density at radius 2 is 1.49 bits per heavy atom. The second-order valence-electron chi connectivity index (χ2n) is 10.4. The van der Waals surface area contributed by atoms with E-state index in [4.69, 9.17) is 4.99 Å². The summed E-state index contributed by atoms with van der Waals surface area (Å²) in [4.78, 5) is 4.90. The van der Waals surface area contributed by atoms with Crippen LogP contribution in [0.2, 0.25) is 0 Å². The van der Waals surface area contributed by atoms with Crippen molar-refractivity contribution < 1.29 is 18.3 Å². The molecule has 2 atom stereocenters. The van der Waals surface area contributed by atoms with Gasteiger partial charge in [-0.1, -0.05) is 50.2 Å². The zero-order chi connectivity index (χ0) is 26.3. The molecule has 1 aliphatic rings. The normalized spacial score (nSPS) is 20.7. The fraction of sp³-hybridized carbons (Fsp3) is 0.367. The average molecular weight is 508 g/mol. The van der Waals surface area contributed by atoms with Gasteiger partial charge in [-0.2, -0.15) is 13.2 Å². The lowest BCUT2D eigenvalue weighted by molar-refractivity contribution is -0.137. The third-order valence-corrected chi connectivity index (χ3v) is 7.92. The predicted molar refractivity (Wildman–Crippen MR) is 139 cm³/mol. The number of aromatic nitrogens is 2. The third kappa shape index (κ3) is 5.10. The Balaban J connectivity index is 1.59. The molecule has 0 spiro atoms. The molecule has 1 aliphatic carbocycles. The van der Waals surface area contributed by atoms with E-state index >= 15 is 0 Å². The lowest BCUT2D eigenvalue weighted by Gasteiger charge is -2.10. The molecule has 5 rings (SSSR count). The summed E-state index contributed by atoms with van der Waals surface area (Å²) in [5, 5.41) is 9.36. The number of hydrogen-bond donors (Lipinski definition) is 1. The van der Waals surface area contributed by atoms with Crippen LogP contribution in [0.15, 0.2) is 71.7 Å². The molecule has 0 aliphatic heterocycles. The number of hydrogen-bond acceptors (Lipinski definition) is 2. The van der Waals surface area contributed by atoms with E-state index in [1.54, 1.807) is 0 Å². The van der Waals surface area contributed by atoms with Gasteiger partial charge < -0.3 is 14.2 Å². The van der Waals surface area contributed by atoms with Crippen LogP contribution in [-0.4, -0.2) is 14.2 Å². The fourth-order valence-electron chi connectivity index (χ4n) is 5.49. The number of alkyl halides is 3. The van der Waals surface area contributed by atoms with E-state index in [-0.39, 0.29) is 6.61 Å². The Kier molecular flexibility index (Phi) is 6.75. The van der Waals surface area contributed by atoms with Gasteiger partial charge in [-0.15, -0.1) is 0 Å². The number of aliphatic hydroxyl groups excluding tert-OH is 1. The van der Waals surface area contributed by atoms with Crippen LogP contribution in [0.5, 0.6) is 0 Å². The number of rotatable bonds is 5. The van der Waals surface area contributed by atoms with E-state index in [1.165, 1.54) is 30.5 Å². The standard InChI is InChI=1S/C30H32F3N3O/c1-19-14-24(15-20(19)2)23-8-11-26(12-9-23)34-29-35(3)27-13-10-25(30(31,32)33)16-28(27)36(29)17-21-4-6-22(18-37)7-5-21/h4-13,16,19-20,24,37H,14-15,17-18H2,1-3H3/b34-29-. The highest BCUT2D eigenvalue weighted by Gasteiger charge is 2.31. The van der Waals surface area contributed by atoms with E-state index in [9.17, 15) is 18.3 Å². The molecule has 0 bridgehead atoms. The van der Waals surface area contributed by atoms with Crippen LogP contribution in [0.25, 0.3) is 11.0 Å². The zero-order valence-electron chi connectivity index (χ0n) is 21.3. The molecule has 2 unspecified atom stereocenters. The van der Waals surface area contributed by atoms with Crippen molar-refractivity contribution in [3.05, 3.63) is 94.6 Å². The van der Waals surface area contributed by atoms with E-state index < -0.39 is 11.7 Å². The highest BCUT2D eigenvalue weighted by atomic mass is 19.4. The van der Waals surface area contributed by atoms with Crippen molar-refractivity contribution in [2.24, 2.45) is 23.9 Å². The van der Waals surface area contributed by atoms with Crippen molar-refractivity contribution in [2.45, 2.75) is 51.9 Å². The first kappa shape index (κ1) is 25.3. The second kappa shape index (κ2) is 9.86. The molecule has 1 saturated carbocycles. The number of aryl methyl sites for hydroxylation is 1. The maximum atomic E-state index is 13.6. The summed E-state index contributed by atoms with van der Waals surface area (Å²) in [5.74, 6) is 2.00. The Morgan fingerprint density at radius 3 is 2.08 bits per heavy atom. The summed E-state index contributed by atoms with van der Waals surface area (Å²) in [7, 11) is 1.83. The quantitative estimate of drug-likeness (QED) is 0.313. The van der Waals surface area contributed by atoms with Gasteiger partial charge in [-0.05, 0) is 77.6 Å². The van der Waals surface area contributed by atoms with Crippen molar-refractivity contribution in [3.8, 4) is 0 Å². The van der Waals surface area contributed by atoms with Gasteiger partial charge in [0, 0.05) is 7.05 Å². The van der Waals surface area contributed by atoms with Crippen LogP contribution >= 0.6 is 0 Å². The summed E-state index contributed by atoms with van der Waals surface area (Å²) in [6, 6.07) is 19.5. The van der Waals surface area contributed by atoms with Gasteiger partial charge in [0.1, 0.15) is 0 Å². The lowest BCUT2D eigenvalue weighted by atomic mass is 9.96. The minimum Gasteiger partial charge on any atom is -0.392 e. The highest BCUT2D eigenvalue weighted by Crippen LogP contribution is 2.42. The molecule has 4 aromatic rings. The van der Waals surface area contributed by atoms with Gasteiger partial charge >= 0.3 is 6.18 Å². The maximum absolute atomic E-state index is 13.6. The second-order valence-corrected chi connectivity index (χ2v) is 10.4. The lowest BCUT2D eigenvalue weighted by Crippen LogP contribution is -2.24. The van der Waals surface area contributed by atoms with Gasteiger partial charge in [-0.25, -0.2) is 4.99 Å². The smallest absolute Gasteiger partial charge is 0.392 e. The first-order valence-corrected chi connectivity index (χ1v) is 12.7. The molecule has 0 radical (unpaired) electrons. The number of imidazole rings is 1. The van der Waals surface area contributed by atoms with Gasteiger partial charge in [0.2, 0.25) is 5.62 Å². The zero-order valence-corrected chi connectivity index (χ0v) is 21.3. The molecule has 37 heavy (non-hydrogen) atoms. The van der Waals surface area contributed by atoms with Crippen LogP contribution < -0.4 is 5.62 Å². The molecule has 194 valence electrons. The maximum Gasteiger partial charge on any atom is 0.416 e. The highest BCUT2D eigenvalue weighted by molar-refractivity contribution is 5.77. The summed E-state index contributed by atoms with van der Waals surface area (Å²) in [6.07, 6.45) is -2.05. The summed E-state index contributed by atoms with van der Waals surface area (Å²) >= 11 is 0. The van der Waals surface area contributed by atoms with Gasteiger partial charge in [0.25, 0.3) is 0 Å². The number of aliphatic hydroxyl groups is 1. The van der Waals surface area contributed by atoms with Crippen LogP contribution in [0.1, 0.15) is 54.9 Å². The molecule has 1 N–H and O–H groups in total. The average Bonchev–Trinajstić information content (AvgIpc) is 3.35. The molecule has 0 amide bonds. The SMILES string of the molecule is CC1CC(c2ccc(/N=c3/n(C)c4ccc(C(F)(F)F)cc4n3Cc3ccc(CO)cc3)cc2)CC1C. The van der Waals surface area contributed by atoms with E-state index in [1.807, 2.05) is 52.6 Å². The fourth-order valence-corrected chi connectivity index (χ4v) is 5.49. The van der Waals surface area contributed by atoms with Gasteiger partial charge in [0.15, 0.2) is 0 Å². The molecule has 4 nitrogen and oxygen atoms in total. The largest absolute Gasteiger partial charge is 0.416 e. The first-order valence-electron chi connectivity index (χ1n) is 12.7. The Morgan fingerprint density at radius 1 is 0.865 bits per heavy atom. The van der Waals surface area contributed by atoms with Crippen molar-refractivity contribution in [1.82, 2.24) is 9.13 Å². The van der Waals surface area contributed by atoms with Crippen LogP contribution in [0.4, 0.5) is 18.9 Å². The van der Waals surface area contributed by atoms with Crippen molar-refractivity contribution in [3.63, 3.8) is 0 Å². The van der Waals surface area contributed by atoms with Crippen LogP contribution in [0.3, 0.4) is 0 Å². The molecule has 3 aromatic carbocycles. The minimum absolute atomic E-state index is 0.0636. The van der Waals surface area contributed by atoms with Crippen LogP contribution in [0, 0.1) is 11.8 Å². The molecule has 1 fully saturated rings. The summed E-state index contributed by atoms with van der Waals surface area (Å²) in [5.41, 5.74) is 4.78. The number of fused-ring (bicyclic) bond motifs is 1. The Hall–Kier alpha value is -3.32. The van der Waals surface area contributed by atoms with E-state index in [0.29, 0.717) is 29.1 Å². The van der Waals surface area contributed by atoms with Crippen molar-refractivity contribution >= 4 is 16.7 Å². The molecule has 1 heterocycles. The Bertz CT molecular complexity index is 1450. The van der Waals surface area contributed by atoms with Crippen molar-refractivity contribution in [2.75, 3.05) is 0 Å². The van der Waals surface area contributed by atoms with Crippen molar-refractivity contribution in [1.29, 1.82) is 0 Å².